The summed E-state index contributed by atoms with van der Waals surface area (Å²) in [6, 6.07) is 6.06. The minimum absolute atomic E-state index is 0.0860. The first-order valence-corrected chi connectivity index (χ1v) is 7.33. The van der Waals surface area contributed by atoms with E-state index in [1.165, 1.54) is 6.42 Å². The monoisotopic (exact) mass is 264 g/mol. The minimum atomic E-state index is -0.0860. The van der Waals surface area contributed by atoms with Crippen LogP contribution in [0.3, 0.4) is 0 Å². The van der Waals surface area contributed by atoms with Crippen LogP contribution in [0.2, 0.25) is 0 Å². The number of anilines is 1. The molecule has 1 N–H and O–H groups in total. The predicted molar refractivity (Wildman–Crippen MR) is 79.0 cm³/mol. The highest BCUT2D eigenvalue weighted by molar-refractivity contribution is 5.49. The van der Waals surface area contributed by atoms with Crippen LogP contribution >= 0.6 is 0 Å². The highest BCUT2D eigenvalue weighted by atomic mass is 19.1. The highest BCUT2D eigenvalue weighted by Crippen LogP contribution is 2.26. The van der Waals surface area contributed by atoms with E-state index in [-0.39, 0.29) is 5.82 Å². The molecule has 0 radical (unpaired) electrons. The van der Waals surface area contributed by atoms with Crippen molar-refractivity contribution in [1.29, 1.82) is 0 Å². The fourth-order valence-electron chi connectivity index (χ4n) is 2.65. The number of hydrogen-bond acceptors (Lipinski definition) is 2. The first kappa shape index (κ1) is 14.3. The van der Waals surface area contributed by atoms with Crippen molar-refractivity contribution in [1.82, 2.24) is 5.32 Å². The van der Waals surface area contributed by atoms with E-state index in [1.807, 2.05) is 12.1 Å². The molecule has 1 atom stereocenters. The maximum absolute atomic E-state index is 14.2. The average molecular weight is 264 g/mol. The summed E-state index contributed by atoms with van der Waals surface area (Å²) in [5, 5.41) is 3.31. The number of piperidine rings is 1. The van der Waals surface area contributed by atoms with Gasteiger partial charge in [0.2, 0.25) is 0 Å². The van der Waals surface area contributed by atoms with Crippen LogP contribution in [0.1, 0.15) is 39.2 Å². The lowest BCUT2D eigenvalue weighted by Gasteiger charge is -2.33. The molecule has 2 rings (SSSR count). The number of nitrogens with one attached hydrogen (secondary N) is 1. The van der Waals surface area contributed by atoms with E-state index in [0.29, 0.717) is 12.0 Å². The van der Waals surface area contributed by atoms with Gasteiger partial charge in [0.25, 0.3) is 0 Å². The first-order chi connectivity index (χ1) is 9.06. The van der Waals surface area contributed by atoms with Gasteiger partial charge >= 0.3 is 0 Å². The van der Waals surface area contributed by atoms with Crippen molar-refractivity contribution in [3.8, 4) is 0 Å². The molecule has 1 aromatic rings. The second-order valence-electron chi connectivity index (χ2n) is 6.01. The molecular weight excluding hydrogens is 239 g/mol. The summed E-state index contributed by atoms with van der Waals surface area (Å²) < 4.78 is 14.2. The van der Waals surface area contributed by atoms with Gasteiger partial charge in [-0.3, -0.25) is 0 Å². The second-order valence-corrected chi connectivity index (χ2v) is 6.01. The van der Waals surface area contributed by atoms with Crippen LogP contribution in [0.25, 0.3) is 0 Å². The molecule has 0 saturated carbocycles. The Labute approximate surface area is 116 Å². The quantitative estimate of drug-likeness (QED) is 0.894. The zero-order valence-electron chi connectivity index (χ0n) is 12.2. The predicted octanol–water partition coefficient (Wildman–Crippen LogP) is 3.56. The van der Waals surface area contributed by atoms with E-state index in [4.69, 9.17) is 0 Å². The van der Waals surface area contributed by atoms with Crippen LogP contribution in [0.4, 0.5) is 10.1 Å². The van der Waals surface area contributed by atoms with E-state index in [0.717, 1.165) is 37.3 Å². The van der Waals surface area contributed by atoms with Gasteiger partial charge in [-0.1, -0.05) is 26.8 Å². The lowest BCUT2D eigenvalue weighted by molar-refractivity contribution is 0.442. The van der Waals surface area contributed by atoms with Gasteiger partial charge in [0.1, 0.15) is 5.82 Å². The van der Waals surface area contributed by atoms with E-state index in [1.54, 1.807) is 6.07 Å². The van der Waals surface area contributed by atoms with Gasteiger partial charge in [-0.15, -0.1) is 0 Å². The Morgan fingerprint density at radius 3 is 2.84 bits per heavy atom. The maximum Gasteiger partial charge on any atom is 0.146 e. The van der Waals surface area contributed by atoms with Gasteiger partial charge in [-0.2, -0.15) is 0 Å². The van der Waals surface area contributed by atoms with Crippen LogP contribution in [-0.4, -0.2) is 19.1 Å². The Hall–Kier alpha value is -1.09. The third kappa shape index (κ3) is 3.93. The van der Waals surface area contributed by atoms with E-state index < -0.39 is 0 Å². The molecule has 0 bridgehead atoms. The average Bonchev–Trinajstić information content (AvgIpc) is 2.36. The highest BCUT2D eigenvalue weighted by Gasteiger charge is 2.19. The molecule has 0 amide bonds. The number of benzene rings is 1. The summed E-state index contributed by atoms with van der Waals surface area (Å²) >= 11 is 0. The number of rotatable bonds is 4. The van der Waals surface area contributed by atoms with Gasteiger partial charge in [0.05, 0.1) is 5.69 Å². The van der Waals surface area contributed by atoms with Gasteiger partial charge < -0.3 is 10.2 Å². The molecule has 3 heteroatoms. The molecule has 106 valence electrons. The van der Waals surface area contributed by atoms with Crippen molar-refractivity contribution in [2.45, 2.75) is 46.2 Å². The number of halogens is 1. The fraction of sp³-hybridized carbons (Fsp3) is 0.625. The van der Waals surface area contributed by atoms with Gasteiger partial charge in [0.15, 0.2) is 0 Å². The topological polar surface area (TPSA) is 15.3 Å². The number of hydrogen-bond donors (Lipinski definition) is 1. The molecule has 1 saturated heterocycles. The molecule has 1 aliphatic rings. The largest absolute Gasteiger partial charge is 0.369 e. The number of nitrogens with zero attached hydrogens (tertiary/aromatic N) is 1. The van der Waals surface area contributed by atoms with Crippen LogP contribution in [0.5, 0.6) is 0 Å². The maximum atomic E-state index is 14.2. The summed E-state index contributed by atoms with van der Waals surface area (Å²) in [5.41, 5.74) is 1.78. The molecule has 1 fully saturated rings. The second kappa shape index (κ2) is 6.38. The molecule has 19 heavy (non-hydrogen) atoms. The van der Waals surface area contributed by atoms with Crippen LogP contribution < -0.4 is 10.2 Å². The molecule has 1 unspecified atom stereocenters. The Balaban J connectivity index is 2.06. The molecular formula is C16H25FN2. The van der Waals surface area contributed by atoms with Crippen LogP contribution in [0, 0.1) is 11.7 Å². The van der Waals surface area contributed by atoms with Crippen LogP contribution in [-0.2, 0) is 6.54 Å². The van der Waals surface area contributed by atoms with Crippen molar-refractivity contribution < 1.29 is 4.39 Å². The summed E-state index contributed by atoms with van der Waals surface area (Å²) in [7, 11) is 0. The lowest BCUT2D eigenvalue weighted by atomic mass is 9.99. The Kier molecular flexibility index (Phi) is 4.81. The Bertz CT molecular complexity index is 417. The standard InChI is InChI=1S/C16H25FN2/c1-12(2)18-10-14-6-7-16(15(17)9-14)19-8-4-5-13(3)11-19/h6-7,9,12-13,18H,4-5,8,10-11H2,1-3H3. The van der Waals surface area contributed by atoms with E-state index in [2.05, 4.69) is 31.0 Å². The normalized spacial score (nSPS) is 20.1. The van der Waals surface area contributed by atoms with Crippen molar-refractivity contribution in [3.63, 3.8) is 0 Å². The SMILES string of the molecule is CC1CCCN(c2ccc(CNC(C)C)cc2F)C1. The lowest BCUT2D eigenvalue weighted by Crippen LogP contribution is -2.34. The molecule has 0 aromatic heterocycles. The molecule has 1 aliphatic heterocycles. The molecule has 0 aliphatic carbocycles. The zero-order chi connectivity index (χ0) is 13.8. The Morgan fingerprint density at radius 1 is 1.42 bits per heavy atom. The summed E-state index contributed by atoms with van der Waals surface area (Å²) in [6.45, 7) is 9.11. The van der Waals surface area contributed by atoms with Gasteiger partial charge in [-0.25, -0.2) is 4.39 Å². The minimum Gasteiger partial charge on any atom is -0.369 e. The third-order valence-electron chi connectivity index (χ3n) is 3.72. The van der Waals surface area contributed by atoms with E-state index >= 15 is 0 Å². The van der Waals surface area contributed by atoms with Gasteiger partial charge in [0, 0.05) is 25.7 Å². The summed E-state index contributed by atoms with van der Waals surface area (Å²) in [4.78, 5) is 2.18. The van der Waals surface area contributed by atoms with Crippen molar-refractivity contribution in [2.75, 3.05) is 18.0 Å². The molecule has 2 nitrogen and oxygen atoms in total. The fourth-order valence-corrected chi connectivity index (χ4v) is 2.65. The summed E-state index contributed by atoms with van der Waals surface area (Å²) in [5.74, 6) is 0.576. The van der Waals surface area contributed by atoms with Crippen LogP contribution in [0.15, 0.2) is 18.2 Å². The summed E-state index contributed by atoms with van der Waals surface area (Å²) in [6.07, 6.45) is 2.42. The van der Waals surface area contributed by atoms with Crippen molar-refractivity contribution in [3.05, 3.63) is 29.6 Å². The Morgan fingerprint density at radius 2 is 2.21 bits per heavy atom. The zero-order valence-corrected chi connectivity index (χ0v) is 12.2. The van der Waals surface area contributed by atoms with Crippen molar-refractivity contribution in [2.24, 2.45) is 5.92 Å². The van der Waals surface area contributed by atoms with Crippen molar-refractivity contribution >= 4 is 5.69 Å². The van der Waals surface area contributed by atoms with Gasteiger partial charge in [-0.05, 0) is 36.5 Å². The first-order valence-electron chi connectivity index (χ1n) is 7.33. The molecule has 1 heterocycles. The molecule has 0 spiro atoms. The van der Waals surface area contributed by atoms with E-state index in [9.17, 15) is 4.39 Å². The third-order valence-corrected chi connectivity index (χ3v) is 3.72. The molecule has 1 aromatic carbocycles. The smallest absolute Gasteiger partial charge is 0.146 e.